The van der Waals surface area contributed by atoms with E-state index in [-0.39, 0.29) is 19.1 Å². The first-order valence-corrected chi connectivity index (χ1v) is 6.57. The smallest absolute Gasteiger partial charge is 0.244 e. The van der Waals surface area contributed by atoms with Crippen molar-refractivity contribution >= 4 is 23.3 Å². The van der Waals surface area contributed by atoms with E-state index >= 15 is 0 Å². The van der Waals surface area contributed by atoms with Crippen LogP contribution in [0.15, 0.2) is 11.5 Å². The second-order valence-corrected chi connectivity index (χ2v) is 5.13. The second-order valence-electron chi connectivity index (χ2n) is 4.06. The molecule has 100 valence electrons. The molecule has 0 aliphatic heterocycles. The predicted octanol–water partition coefficient (Wildman–Crippen LogP) is 0.714. The molecule has 0 atom stereocenters. The maximum atomic E-state index is 11.7. The summed E-state index contributed by atoms with van der Waals surface area (Å²) < 4.78 is 0. The number of aromatic nitrogens is 1. The lowest BCUT2D eigenvalue weighted by molar-refractivity contribution is -0.119. The van der Waals surface area contributed by atoms with Gasteiger partial charge in [-0.2, -0.15) is 0 Å². The van der Waals surface area contributed by atoms with Crippen LogP contribution in [0.4, 0.5) is 0 Å². The number of aliphatic hydroxyl groups is 2. The number of carbonyl (C=O) groups is 1. The quantitative estimate of drug-likeness (QED) is 0.665. The number of hydrogen-bond acceptors (Lipinski definition) is 5. The summed E-state index contributed by atoms with van der Waals surface area (Å²) in [6.07, 6.45) is 3.41. The molecule has 18 heavy (non-hydrogen) atoms. The van der Waals surface area contributed by atoms with Crippen LogP contribution in [0, 0.1) is 6.92 Å². The molecule has 1 rings (SSSR count). The Balaban J connectivity index is 2.63. The number of nitrogens with zero attached hydrogens (tertiary/aromatic N) is 1. The van der Waals surface area contributed by atoms with Crippen molar-refractivity contribution in [1.82, 2.24) is 10.3 Å². The maximum absolute atomic E-state index is 11.7. The van der Waals surface area contributed by atoms with E-state index < -0.39 is 5.54 Å². The van der Waals surface area contributed by atoms with E-state index in [4.69, 9.17) is 0 Å². The highest BCUT2D eigenvalue weighted by Gasteiger charge is 2.27. The average molecular weight is 270 g/mol. The molecule has 0 aliphatic rings. The van der Waals surface area contributed by atoms with Crippen LogP contribution in [0.3, 0.4) is 0 Å². The van der Waals surface area contributed by atoms with Gasteiger partial charge < -0.3 is 15.5 Å². The Morgan fingerprint density at radius 3 is 2.67 bits per heavy atom. The number of nitrogens with one attached hydrogen (secondary N) is 1. The van der Waals surface area contributed by atoms with Crippen LogP contribution in [0.2, 0.25) is 0 Å². The third-order valence-corrected chi connectivity index (χ3v) is 3.50. The molecule has 0 unspecified atom stereocenters. The van der Waals surface area contributed by atoms with E-state index in [9.17, 15) is 15.0 Å². The number of hydrogen-bond donors (Lipinski definition) is 3. The Labute approximate surface area is 110 Å². The summed E-state index contributed by atoms with van der Waals surface area (Å²) in [6, 6.07) is 0. The van der Waals surface area contributed by atoms with E-state index in [1.807, 2.05) is 12.3 Å². The summed E-state index contributed by atoms with van der Waals surface area (Å²) in [4.78, 5) is 15.9. The molecule has 5 nitrogen and oxygen atoms in total. The maximum Gasteiger partial charge on any atom is 0.244 e. The largest absolute Gasteiger partial charge is 0.394 e. The van der Waals surface area contributed by atoms with Gasteiger partial charge in [-0.15, -0.1) is 11.3 Å². The third-order valence-electron chi connectivity index (χ3n) is 2.71. The highest BCUT2D eigenvalue weighted by molar-refractivity contribution is 7.09. The Kier molecular flexibility index (Phi) is 5.46. The van der Waals surface area contributed by atoms with Crippen LogP contribution in [-0.2, 0) is 4.79 Å². The van der Waals surface area contributed by atoms with E-state index in [1.165, 1.54) is 17.4 Å². The molecule has 0 spiro atoms. The van der Waals surface area contributed by atoms with Gasteiger partial charge in [-0.1, -0.05) is 6.92 Å². The molecule has 1 aromatic rings. The van der Waals surface area contributed by atoms with Crippen LogP contribution in [0.5, 0.6) is 0 Å². The molecule has 1 amide bonds. The van der Waals surface area contributed by atoms with Crippen LogP contribution in [-0.4, -0.2) is 39.9 Å². The van der Waals surface area contributed by atoms with Crippen molar-refractivity contribution in [3.05, 3.63) is 22.2 Å². The van der Waals surface area contributed by atoms with Crippen molar-refractivity contribution in [1.29, 1.82) is 0 Å². The van der Waals surface area contributed by atoms with Gasteiger partial charge in [0, 0.05) is 11.5 Å². The van der Waals surface area contributed by atoms with Crippen LogP contribution in [0.1, 0.15) is 24.0 Å². The van der Waals surface area contributed by atoms with E-state index in [0.29, 0.717) is 6.42 Å². The summed E-state index contributed by atoms with van der Waals surface area (Å²) in [7, 11) is 0. The molecule has 1 heterocycles. The van der Waals surface area contributed by atoms with E-state index in [2.05, 4.69) is 10.3 Å². The van der Waals surface area contributed by atoms with Crippen molar-refractivity contribution in [3.8, 4) is 0 Å². The zero-order valence-corrected chi connectivity index (χ0v) is 11.3. The fourth-order valence-electron chi connectivity index (χ4n) is 1.36. The zero-order valence-electron chi connectivity index (χ0n) is 10.5. The molecule has 0 aromatic carbocycles. The number of aryl methyl sites for hydroxylation is 1. The van der Waals surface area contributed by atoms with Gasteiger partial charge in [0.2, 0.25) is 5.91 Å². The van der Waals surface area contributed by atoms with Gasteiger partial charge in [0.25, 0.3) is 0 Å². The lowest BCUT2D eigenvalue weighted by Gasteiger charge is -2.28. The Bertz CT molecular complexity index is 416. The van der Waals surface area contributed by atoms with E-state index in [0.717, 1.165) is 10.7 Å². The molecular weight excluding hydrogens is 252 g/mol. The minimum atomic E-state index is -0.959. The van der Waals surface area contributed by atoms with Crippen LogP contribution in [0.25, 0.3) is 6.08 Å². The van der Waals surface area contributed by atoms with Gasteiger partial charge in [0.1, 0.15) is 0 Å². The first-order chi connectivity index (χ1) is 8.55. The van der Waals surface area contributed by atoms with Crippen molar-refractivity contribution in [2.75, 3.05) is 13.2 Å². The SMILES string of the molecule is CCC(CO)(CO)NC(=O)/C=C/c1csc(C)n1. The summed E-state index contributed by atoms with van der Waals surface area (Å²) in [5, 5.41) is 23.8. The fraction of sp³-hybridized carbons (Fsp3) is 0.500. The van der Waals surface area contributed by atoms with Crippen LogP contribution < -0.4 is 5.32 Å². The standard InChI is InChI=1S/C12H18N2O3S/c1-3-12(7-15,8-16)14-11(17)5-4-10-6-18-9(2)13-10/h4-6,15-16H,3,7-8H2,1-2H3,(H,14,17)/b5-4+. The molecule has 0 fully saturated rings. The summed E-state index contributed by atoms with van der Waals surface area (Å²) in [5.41, 5.74) is -0.234. The monoisotopic (exact) mass is 270 g/mol. The third kappa shape index (κ3) is 3.90. The minimum absolute atomic E-state index is 0.296. The Morgan fingerprint density at radius 2 is 2.22 bits per heavy atom. The topological polar surface area (TPSA) is 82.5 Å². The first-order valence-electron chi connectivity index (χ1n) is 5.69. The van der Waals surface area contributed by atoms with Crippen LogP contribution >= 0.6 is 11.3 Å². The molecular formula is C12H18N2O3S. The first kappa shape index (κ1) is 14.8. The molecule has 1 aromatic heterocycles. The fourth-order valence-corrected chi connectivity index (χ4v) is 1.94. The summed E-state index contributed by atoms with van der Waals surface area (Å²) >= 11 is 1.51. The lowest BCUT2D eigenvalue weighted by Crippen LogP contribution is -2.53. The number of aliphatic hydroxyl groups excluding tert-OH is 2. The van der Waals surface area contributed by atoms with E-state index in [1.54, 1.807) is 13.0 Å². The summed E-state index contributed by atoms with van der Waals surface area (Å²) in [5.74, 6) is -0.356. The number of amides is 1. The number of rotatable bonds is 6. The average Bonchev–Trinajstić information content (AvgIpc) is 2.80. The molecule has 0 aliphatic carbocycles. The van der Waals surface area contributed by atoms with Gasteiger partial charge in [0.15, 0.2) is 0 Å². The van der Waals surface area contributed by atoms with Crippen molar-refractivity contribution in [3.63, 3.8) is 0 Å². The molecule has 0 bridgehead atoms. The van der Waals surface area contributed by atoms with Gasteiger partial charge in [-0.25, -0.2) is 4.98 Å². The normalized spacial score (nSPS) is 12.0. The van der Waals surface area contributed by atoms with Crippen molar-refractivity contribution in [2.24, 2.45) is 0 Å². The number of carbonyl (C=O) groups excluding carboxylic acids is 1. The molecule has 0 radical (unpaired) electrons. The molecule has 0 saturated heterocycles. The highest BCUT2D eigenvalue weighted by atomic mass is 32.1. The molecule has 0 saturated carbocycles. The highest BCUT2D eigenvalue weighted by Crippen LogP contribution is 2.10. The number of thiazole rings is 1. The molecule has 6 heteroatoms. The zero-order chi connectivity index (χ0) is 13.6. The Morgan fingerprint density at radius 1 is 1.56 bits per heavy atom. The van der Waals surface area contributed by atoms with Gasteiger partial charge in [-0.05, 0) is 19.4 Å². The minimum Gasteiger partial charge on any atom is -0.394 e. The second kappa shape index (κ2) is 6.63. The lowest BCUT2D eigenvalue weighted by atomic mass is 9.98. The Hall–Kier alpha value is -1.24. The van der Waals surface area contributed by atoms with Crippen molar-refractivity contribution in [2.45, 2.75) is 25.8 Å². The van der Waals surface area contributed by atoms with Gasteiger partial charge >= 0.3 is 0 Å². The van der Waals surface area contributed by atoms with Gasteiger partial charge in [0.05, 0.1) is 29.5 Å². The summed E-state index contributed by atoms with van der Waals surface area (Å²) in [6.45, 7) is 3.09. The molecule has 3 N–H and O–H groups in total. The van der Waals surface area contributed by atoms with Crippen molar-refractivity contribution < 1.29 is 15.0 Å². The van der Waals surface area contributed by atoms with Gasteiger partial charge in [-0.3, -0.25) is 4.79 Å². The predicted molar refractivity (Wildman–Crippen MR) is 71.2 cm³/mol.